The number of hydrogen-bond donors (Lipinski definition) is 1. The Morgan fingerprint density at radius 3 is 2.20 bits per heavy atom. The third-order valence-corrected chi connectivity index (χ3v) is 0.501. The highest BCUT2D eigenvalue weighted by Gasteiger charge is 1.97. The van der Waals surface area contributed by atoms with E-state index in [-0.39, 0.29) is 12.9 Å². The summed E-state index contributed by atoms with van der Waals surface area (Å²) in [6.07, 6.45) is -0.437. The van der Waals surface area contributed by atoms with E-state index in [2.05, 4.69) is 20.0 Å². The molecule has 0 atom stereocenters. The zero-order valence-corrected chi connectivity index (χ0v) is 5.23. The molecule has 0 saturated heterocycles. The van der Waals surface area contributed by atoms with E-state index in [1.165, 1.54) is 7.05 Å². The van der Waals surface area contributed by atoms with Gasteiger partial charge in [0.15, 0.2) is 0 Å². The highest BCUT2D eigenvalue weighted by Crippen LogP contribution is 1.77. The van der Waals surface area contributed by atoms with Gasteiger partial charge in [0.25, 0.3) is 0 Å². The summed E-state index contributed by atoms with van der Waals surface area (Å²) in [5, 5.41) is 3.26. The van der Waals surface area contributed by atoms with Crippen LogP contribution in [0.1, 0.15) is 0 Å². The van der Waals surface area contributed by atoms with Crippen LogP contribution in [-0.2, 0) is 19.1 Å². The first-order valence-electron chi connectivity index (χ1n) is 2.30. The van der Waals surface area contributed by atoms with E-state index >= 15 is 0 Å². The molecule has 0 fully saturated rings. The van der Waals surface area contributed by atoms with Crippen LogP contribution in [0.3, 0.4) is 0 Å². The number of carbonyl (C=O) groups excluding carboxylic acids is 2. The van der Waals surface area contributed by atoms with Crippen molar-refractivity contribution in [2.75, 3.05) is 7.05 Å². The summed E-state index contributed by atoms with van der Waals surface area (Å²) in [6.45, 7) is 0.194. The molecule has 0 aromatic carbocycles. The monoisotopic (exact) mass is 146 g/mol. The maximum atomic E-state index is 9.64. The van der Waals surface area contributed by atoms with Crippen molar-refractivity contribution in [3.63, 3.8) is 0 Å². The van der Waals surface area contributed by atoms with Crippen molar-refractivity contribution in [2.24, 2.45) is 5.10 Å². The summed E-state index contributed by atoms with van der Waals surface area (Å²) in [4.78, 5) is 19.3. The molecular formula is C4H6N2O4. The molecule has 0 aliphatic heterocycles. The van der Waals surface area contributed by atoms with Crippen LogP contribution in [-0.4, -0.2) is 26.1 Å². The Kier molecular flexibility index (Phi) is 4.66. The highest BCUT2D eigenvalue weighted by molar-refractivity contribution is 5.79. The maximum absolute atomic E-state index is 9.64. The minimum Gasteiger partial charge on any atom is -0.378 e. The lowest BCUT2D eigenvalue weighted by Crippen LogP contribution is -2.12. The minimum absolute atomic E-state index is 0.0969. The van der Waals surface area contributed by atoms with Gasteiger partial charge in [-0.15, -0.1) is 5.10 Å². The first kappa shape index (κ1) is 8.41. The van der Waals surface area contributed by atoms with E-state index in [0.29, 0.717) is 0 Å². The second kappa shape index (κ2) is 5.54. The van der Waals surface area contributed by atoms with Gasteiger partial charge >= 0.3 is 19.0 Å². The Labute approximate surface area is 56.8 Å². The summed E-state index contributed by atoms with van der Waals surface area (Å²) in [6, 6.07) is 0. The fourth-order valence-electron chi connectivity index (χ4n) is 0.254. The van der Waals surface area contributed by atoms with Gasteiger partial charge in [-0.1, -0.05) is 0 Å². The van der Waals surface area contributed by atoms with Gasteiger partial charge in [-0.25, -0.2) is 0 Å². The first-order valence-corrected chi connectivity index (χ1v) is 2.30. The van der Waals surface area contributed by atoms with Crippen LogP contribution in [0.4, 0.5) is 0 Å². The molecule has 0 aliphatic rings. The van der Waals surface area contributed by atoms with Crippen molar-refractivity contribution in [3.05, 3.63) is 0 Å². The minimum atomic E-state index is -0.437. The van der Waals surface area contributed by atoms with Crippen molar-refractivity contribution >= 4 is 19.0 Å². The Bertz CT molecular complexity index is 132. The van der Waals surface area contributed by atoms with Crippen LogP contribution in [0.5, 0.6) is 0 Å². The second-order valence-electron chi connectivity index (χ2n) is 1.03. The molecule has 6 nitrogen and oxygen atoms in total. The molecule has 56 valence electrons. The predicted octanol–water partition coefficient (Wildman–Crippen LogP) is -1.18. The molecule has 1 N–H and O–H groups in total. The van der Waals surface area contributed by atoms with Crippen LogP contribution >= 0.6 is 0 Å². The molecule has 0 aromatic rings. The fourth-order valence-corrected chi connectivity index (χ4v) is 0.254. The van der Waals surface area contributed by atoms with Gasteiger partial charge in [0.1, 0.15) is 0 Å². The summed E-state index contributed by atoms with van der Waals surface area (Å²) < 4.78 is 8.15. The molecule has 6 heteroatoms. The van der Waals surface area contributed by atoms with Crippen molar-refractivity contribution in [3.8, 4) is 0 Å². The maximum Gasteiger partial charge on any atom is 0.420 e. The van der Waals surface area contributed by atoms with Gasteiger partial charge < -0.3 is 14.9 Å². The number of hydrazone groups is 1. The summed E-state index contributed by atoms with van der Waals surface area (Å²) >= 11 is 0. The molecular weight excluding hydrogens is 140 g/mol. The average molecular weight is 146 g/mol. The van der Waals surface area contributed by atoms with Crippen molar-refractivity contribution in [1.82, 2.24) is 5.43 Å². The van der Waals surface area contributed by atoms with E-state index in [1.54, 1.807) is 0 Å². The van der Waals surface area contributed by atoms with Crippen LogP contribution in [0.25, 0.3) is 0 Å². The fraction of sp³-hybridized carbons (Fsp3) is 0.250. The van der Waals surface area contributed by atoms with Gasteiger partial charge in [0, 0.05) is 7.05 Å². The molecule has 0 heterocycles. The molecule has 0 aromatic heterocycles. The summed E-state index contributed by atoms with van der Waals surface area (Å²) in [5.74, 6) is 0. The number of hydrogen-bond acceptors (Lipinski definition) is 6. The largest absolute Gasteiger partial charge is 0.420 e. The highest BCUT2D eigenvalue weighted by atomic mass is 16.7. The Balaban J connectivity index is 3.82. The second-order valence-corrected chi connectivity index (χ2v) is 1.03. The van der Waals surface area contributed by atoms with Crippen LogP contribution in [0, 0.1) is 0 Å². The van der Waals surface area contributed by atoms with Gasteiger partial charge in [-0.2, -0.15) is 0 Å². The lowest BCUT2D eigenvalue weighted by Gasteiger charge is -1.96. The molecule has 0 saturated carbocycles. The normalized spacial score (nSPS) is 7.30. The zero-order chi connectivity index (χ0) is 7.82. The summed E-state index contributed by atoms with van der Waals surface area (Å²) in [7, 11) is 1.46. The average Bonchev–Trinajstić information content (AvgIpc) is 1.90. The van der Waals surface area contributed by atoms with Crippen LogP contribution < -0.4 is 5.43 Å². The number of nitrogens with zero attached hydrogens (tertiary/aromatic N) is 1. The lowest BCUT2D eigenvalue weighted by molar-refractivity contribution is -0.127. The first-order chi connectivity index (χ1) is 4.85. The van der Waals surface area contributed by atoms with Crippen molar-refractivity contribution in [2.45, 2.75) is 0 Å². The van der Waals surface area contributed by atoms with Gasteiger partial charge in [-0.05, 0) is 0 Å². The molecule has 0 amide bonds. The van der Waals surface area contributed by atoms with Crippen LogP contribution in [0.2, 0.25) is 0 Å². The van der Waals surface area contributed by atoms with Crippen molar-refractivity contribution < 1.29 is 19.1 Å². The van der Waals surface area contributed by atoms with E-state index < -0.39 is 6.08 Å². The SMILES string of the molecule is CNN=C(OC=O)OC=O. The zero-order valence-electron chi connectivity index (χ0n) is 5.23. The Morgan fingerprint density at radius 1 is 1.40 bits per heavy atom. The lowest BCUT2D eigenvalue weighted by atomic mass is 11.2. The molecule has 0 aliphatic carbocycles. The van der Waals surface area contributed by atoms with Gasteiger partial charge in [-0.3, -0.25) is 9.59 Å². The molecule has 0 rings (SSSR count). The predicted molar refractivity (Wildman–Crippen MR) is 30.8 cm³/mol. The van der Waals surface area contributed by atoms with Gasteiger partial charge in [0.2, 0.25) is 0 Å². The molecule has 10 heavy (non-hydrogen) atoms. The third-order valence-electron chi connectivity index (χ3n) is 0.501. The van der Waals surface area contributed by atoms with E-state index in [0.717, 1.165) is 0 Å². The van der Waals surface area contributed by atoms with Crippen molar-refractivity contribution in [1.29, 1.82) is 0 Å². The summed E-state index contributed by atoms with van der Waals surface area (Å²) in [5.41, 5.74) is 2.26. The topological polar surface area (TPSA) is 77.0 Å². The molecule has 0 radical (unpaired) electrons. The molecule has 0 unspecified atom stereocenters. The Morgan fingerprint density at radius 2 is 1.90 bits per heavy atom. The van der Waals surface area contributed by atoms with E-state index in [1.807, 2.05) is 0 Å². The third kappa shape index (κ3) is 3.42. The Hall–Kier alpha value is -1.59. The standard InChI is InChI=1S/C4H6N2O4/c1-5-6-4(9-2-7)10-3-8/h2-3,5H,1H3. The number of nitrogens with one attached hydrogen (secondary N) is 1. The number of rotatable bonds is 3. The number of carbonyl (C=O) groups is 2. The van der Waals surface area contributed by atoms with E-state index in [4.69, 9.17) is 0 Å². The van der Waals surface area contributed by atoms with Crippen LogP contribution in [0.15, 0.2) is 5.10 Å². The smallest absolute Gasteiger partial charge is 0.378 e. The number of ether oxygens (including phenoxy) is 2. The van der Waals surface area contributed by atoms with E-state index in [9.17, 15) is 9.59 Å². The molecule has 0 bridgehead atoms. The quantitative estimate of drug-likeness (QED) is 0.235. The molecule has 0 spiro atoms. The van der Waals surface area contributed by atoms with Gasteiger partial charge in [0.05, 0.1) is 0 Å².